The number of guanidine groups is 1. The Labute approximate surface area is 175 Å². The van der Waals surface area contributed by atoms with E-state index in [9.17, 15) is 0 Å². The van der Waals surface area contributed by atoms with Crippen LogP contribution >= 0.6 is 24.0 Å². The largest absolute Gasteiger partial charge is 0.381 e. The third-order valence-electron chi connectivity index (χ3n) is 4.64. The Morgan fingerprint density at radius 1 is 1.27 bits per heavy atom. The first kappa shape index (κ1) is 23.0. The van der Waals surface area contributed by atoms with Crippen molar-refractivity contribution in [2.75, 3.05) is 52.3 Å². The maximum atomic E-state index is 5.43. The lowest BCUT2D eigenvalue weighted by molar-refractivity contribution is 0.0625. The quantitative estimate of drug-likeness (QED) is 0.249. The van der Waals surface area contributed by atoms with E-state index in [0.717, 1.165) is 63.4 Å². The van der Waals surface area contributed by atoms with E-state index in [1.807, 2.05) is 31.4 Å². The van der Waals surface area contributed by atoms with Crippen molar-refractivity contribution in [2.45, 2.75) is 32.1 Å². The molecule has 0 spiro atoms. The summed E-state index contributed by atoms with van der Waals surface area (Å²) in [5.74, 6) is 2.73. The van der Waals surface area contributed by atoms with E-state index in [-0.39, 0.29) is 24.0 Å². The highest BCUT2D eigenvalue weighted by Crippen LogP contribution is 2.18. The van der Waals surface area contributed by atoms with Gasteiger partial charge in [0.2, 0.25) is 0 Å². The molecule has 1 aliphatic heterocycles. The molecule has 0 amide bonds. The van der Waals surface area contributed by atoms with Gasteiger partial charge in [-0.15, -0.1) is 24.0 Å². The number of rotatable bonds is 9. The zero-order chi connectivity index (χ0) is 17.7. The van der Waals surface area contributed by atoms with Crippen molar-refractivity contribution < 1.29 is 4.74 Å². The number of halogens is 1. The van der Waals surface area contributed by atoms with Crippen molar-refractivity contribution in [1.82, 2.24) is 15.2 Å². The van der Waals surface area contributed by atoms with Gasteiger partial charge in [0.05, 0.1) is 0 Å². The second-order valence-corrected chi connectivity index (χ2v) is 6.59. The highest BCUT2D eigenvalue weighted by molar-refractivity contribution is 14.0. The molecular weight excluding hydrogens is 441 g/mol. The summed E-state index contributed by atoms with van der Waals surface area (Å²) in [6.45, 7) is 4.78. The Morgan fingerprint density at radius 2 is 2.04 bits per heavy atom. The molecule has 0 aliphatic carbocycles. The third-order valence-corrected chi connectivity index (χ3v) is 4.64. The Balaban J connectivity index is 0.00000338. The van der Waals surface area contributed by atoms with E-state index >= 15 is 0 Å². The topological polar surface area (TPSA) is 61.8 Å². The summed E-state index contributed by atoms with van der Waals surface area (Å²) in [6.07, 6.45) is 7.63. The Morgan fingerprint density at radius 3 is 2.73 bits per heavy atom. The van der Waals surface area contributed by atoms with Crippen molar-refractivity contribution in [3.8, 4) is 0 Å². The van der Waals surface area contributed by atoms with Crippen LogP contribution in [0.2, 0.25) is 0 Å². The highest BCUT2D eigenvalue weighted by Gasteiger charge is 2.15. The van der Waals surface area contributed by atoms with E-state index in [1.54, 1.807) is 0 Å². The van der Waals surface area contributed by atoms with Crippen LogP contribution < -0.4 is 10.6 Å². The molecule has 0 bridgehead atoms. The minimum atomic E-state index is 0. The minimum absolute atomic E-state index is 0. The van der Waals surface area contributed by atoms with Gasteiger partial charge >= 0.3 is 0 Å². The summed E-state index contributed by atoms with van der Waals surface area (Å²) in [5, 5.41) is 6.80. The van der Waals surface area contributed by atoms with Crippen molar-refractivity contribution in [2.24, 2.45) is 10.9 Å². The second kappa shape index (κ2) is 14.0. The first-order chi connectivity index (χ1) is 12.3. The number of unbranched alkanes of at least 4 members (excludes halogenated alkanes) is 1. The molecule has 1 aliphatic rings. The fourth-order valence-corrected chi connectivity index (χ4v) is 3.04. The van der Waals surface area contributed by atoms with Crippen LogP contribution in [0.1, 0.15) is 32.1 Å². The van der Waals surface area contributed by atoms with Gasteiger partial charge < -0.3 is 20.3 Å². The van der Waals surface area contributed by atoms with Gasteiger partial charge in [-0.2, -0.15) is 0 Å². The zero-order valence-electron chi connectivity index (χ0n) is 16.1. The summed E-state index contributed by atoms with van der Waals surface area (Å²) in [7, 11) is 3.98. The van der Waals surface area contributed by atoms with Gasteiger partial charge in [-0.1, -0.05) is 6.07 Å². The molecule has 1 aromatic heterocycles. The van der Waals surface area contributed by atoms with Crippen molar-refractivity contribution in [1.29, 1.82) is 0 Å². The van der Waals surface area contributed by atoms with E-state index in [2.05, 4.69) is 32.6 Å². The molecule has 26 heavy (non-hydrogen) atoms. The van der Waals surface area contributed by atoms with Gasteiger partial charge in [0.25, 0.3) is 0 Å². The van der Waals surface area contributed by atoms with Crippen molar-refractivity contribution in [3.63, 3.8) is 0 Å². The number of anilines is 1. The molecule has 1 fully saturated rings. The summed E-state index contributed by atoms with van der Waals surface area (Å²) in [5.41, 5.74) is 0. The maximum Gasteiger partial charge on any atom is 0.193 e. The lowest BCUT2D eigenvalue weighted by atomic mass is 9.96. The summed E-state index contributed by atoms with van der Waals surface area (Å²) < 4.78 is 5.43. The van der Waals surface area contributed by atoms with E-state index in [0.29, 0.717) is 0 Å². The number of hydrogen-bond donors (Lipinski definition) is 2. The summed E-state index contributed by atoms with van der Waals surface area (Å²) >= 11 is 0. The molecule has 0 saturated carbocycles. The molecule has 2 heterocycles. The lowest BCUT2D eigenvalue weighted by Crippen LogP contribution is -2.40. The number of aliphatic imine (C=N–C) groups is 1. The Kier molecular flexibility index (Phi) is 12.4. The van der Waals surface area contributed by atoms with E-state index in [4.69, 9.17) is 4.74 Å². The predicted octanol–water partition coefficient (Wildman–Crippen LogP) is 3.22. The van der Waals surface area contributed by atoms with Crippen LogP contribution in [0, 0.1) is 5.92 Å². The number of aromatic nitrogens is 1. The molecule has 6 nitrogen and oxygen atoms in total. The lowest BCUT2D eigenvalue weighted by Gasteiger charge is -2.26. The third kappa shape index (κ3) is 9.02. The van der Waals surface area contributed by atoms with Gasteiger partial charge in [0, 0.05) is 53.1 Å². The molecule has 0 unspecified atom stereocenters. The zero-order valence-corrected chi connectivity index (χ0v) is 18.4. The first-order valence-corrected chi connectivity index (χ1v) is 9.44. The number of nitrogens with one attached hydrogen (secondary N) is 2. The van der Waals surface area contributed by atoms with Gasteiger partial charge in [0.1, 0.15) is 5.82 Å². The molecule has 1 aromatic rings. The van der Waals surface area contributed by atoms with Crippen LogP contribution in [0.15, 0.2) is 29.4 Å². The fourth-order valence-electron chi connectivity index (χ4n) is 3.04. The molecule has 0 aromatic carbocycles. The van der Waals surface area contributed by atoms with Crippen LogP contribution in [0.3, 0.4) is 0 Å². The van der Waals surface area contributed by atoms with Gasteiger partial charge in [-0.05, 0) is 50.2 Å². The van der Waals surface area contributed by atoms with Crippen LogP contribution in [-0.2, 0) is 4.74 Å². The molecule has 1 saturated heterocycles. The number of ether oxygens (including phenoxy) is 1. The van der Waals surface area contributed by atoms with Crippen LogP contribution in [0.5, 0.6) is 0 Å². The minimum Gasteiger partial charge on any atom is -0.381 e. The van der Waals surface area contributed by atoms with Crippen molar-refractivity contribution in [3.05, 3.63) is 24.4 Å². The van der Waals surface area contributed by atoms with Gasteiger partial charge in [0.15, 0.2) is 5.96 Å². The molecular formula is C19H34IN5O. The smallest absolute Gasteiger partial charge is 0.193 e. The Bertz CT molecular complexity index is 494. The van der Waals surface area contributed by atoms with Gasteiger partial charge in [-0.3, -0.25) is 4.99 Å². The molecule has 0 radical (unpaired) electrons. The average molecular weight is 475 g/mol. The molecule has 0 atom stereocenters. The maximum absolute atomic E-state index is 5.43. The second-order valence-electron chi connectivity index (χ2n) is 6.59. The first-order valence-electron chi connectivity index (χ1n) is 9.44. The number of pyridine rings is 1. The van der Waals surface area contributed by atoms with Gasteiger partial charge in [-0.25, -0.2) is 4.98 Å². The van der Waals surface area contributed by atoms with Crippen LogP contribution in [0.4, 0.5) is 5.82 Å². The predicted molar refractivity (Wildman–Crippen MR) is 120 cm³/mol. The van der Waals surface area contributed by atoms with Crippen LogP contribution in [0.25, 0.3) is 0 Å². The fraction of sp³-hybridized carbons (Fsp3) is 0.684. The van der Waals surface area contributed by atoms with E-state index < -0.39 is 0 Å². The molecule has 7 heteroatoms. The normalized spacial score (nSPS) is 15.2. The van der Waals surface area contributed by atoms with Crippen LogP contribution in [-0.4, -0.2) is 62.8 Å². The SMILES string of the molecule is CN=C(NCCCCNc1ccccn1)N(C)CCC1CCOCC1.I. The Hall–Kier alpha value is -1.09. The average Bonchev–Trinajstić information content (AvgIpc) is 2.67. The summed E-state index contributed by atoms with van der Waals surface area (Å²) in [4.78, 5) is 10.9. The standard InChI is InChI=1S/C19H33N5O.HI/c1-20-19(24(2)14-8-17-9-15-25-16-10-17)23-13-6-5-12-22-18-7-3-4-11-21-18;/h3-4,7,11,17H,5-6,8-10,12-16H2,1-2H3,(H,20,23)(H,21,22);1H. The van der Waals surface area contributed by atoms with E-state index in [1.165, 1.54) is 19.3 Å². The molecule has 148 valence electrons. The monoisotopic (exact) mass is 475 g/mol. The molecule has 2 N–H and O–H groups in total. The molecule has 2 rings (SSSR count). The van der Waals surface area contributed by atoms with Crippen molar-refractivity contribution >= 4 is 35.8 Å². The number of hydrogen-bond acceptors (Lipinski definition) is 4. The highest BCUT2D eigenvalue weighted by atomic mass is 127. The summed E-state index contributed by atoms with van der Waals surface area (Å²) in [6, 6.07) is 5.92. The number of nitrogens with zero attached hydrogens (tertiary/aromatic N) is 3.